The third-order valence-corrected chi connectivity index (χ3v) is 2.66. The van der Waals surface area contributed by atoms with E-state index in [0.29, 0.717) is 17.8 Å². The average molecular weight is 263 g/mol. The number of anilines is 1. The van der Waals surface area contributed by atoms with Gasteiger partial charge in [-0.1, -0.05) is 25.5 Å². The molecule has 0 aliphatic carbocycles. The van der Waals surface area contributed by atoms with Gasteiger partial charge in [0, 0.05) is 12.2 Å². The highest BCUT2D eigenvalue weighted by Gasteiger charge is 2.20. The third-order valence-electron chi connectivity index (χ3n) is 2.66. The summed E-state index contributed by atoms with van der Waals surface area (Å²) in [6.45, 7) is 6.21. The van der Waals surface area contributed by atoms with Gasteiger partial charge in [-0.15, -0.1) is 0 Å². The summed E-state index contributed by atoms with van der Waals surface area (Å²) in [5.74, 6) is -0.539. The number of nitrogen functional groups attached to an aromatic ring is 1. The molecule has 4 N–H and O–H groups in total. The van der Waals surface area contributed by atoms with Crippen molar-refractivity contribution in [3.63, 3.8) is 0 Å². The van der Waals surface area contributed by atoms with Gasteiger partial charge in [-0.05, 0) is 25.0 Å². The van der Waals surface area contributed by atoms with Crippen LogP contribution in [-0.4, -0.2) is 29.8 Å². The molecule has 5 heteroatoms. The van der Waals surface area contributed by atoms with E-state index in [0.717, 1.165) is 5.56 Å². The molecule has 2 amide bonds. The standard InChI is InChI=1S/C14H21N3O2/c1-9(2)7-17(8-13(16)18)14(19)11-6-10(3)4-5-12(11)15/h4-6,9H,7-8,15H2,1-3H3,(H2,16,18). The Bertz CT molecular complexity index is 484. The fourth-order valence-electron chi connectivity index (χ4n) is 1.87. The lowest BCUT2D eigenvalue weighted by molar-refractivity contribution is -0.118. The van der Waals surface area contributed by atoms with Gasteiger partial charge < -0.3 is 16.4 Å². The summed E-state index contributed by atoms with van der Waals surface area (Å²) in [4.78, 5) is 24.9. The van der Waals surface area contributed by atoms with E-state index in [9.17, 15) is 9.59 Å². The van der Waals surface area contributed by atoms with Crippen LogP contribution in [0.15, 0.2) is 18.2 Å². The predicted molar refractivity (Wildman–Crippen MR) is 75.5 cm³/mol. The van der Waals surface area contributed by atoms with Gasteiger partial charge in [0.25, 0.3) is 5.91 Å². The highest BCUT2D eigenvalue weighted by Crippen LogP contribution is 2.17. The van der Waals surface area contributed by atoms with Gasteiger partial charge in [-0.2, -0.15) is 0 Å². The van der Waals surface area contributed by atoms with Crippen molar-refractivity contribution < 1.29 is 9.59 Å². The maximum Gasteiger partial charge on any atom is 0.256 e. The van der Waals surface area contributed by atoms with Crippen LogP contribution < -0.4 is 11.5 Å². The first-order valence-electron chi connectivity index (χ1n) is 6.25. The van der Waals surface area contributed by atoms with Crippen molar-refractivity contribution in [1.82, 2.24) is 4.90 Å². The number of carbonyl (C=O) groups is 2. The van der Waals surface area contributed by atoms with Crippen LogP contribution >= 0.6 is 0 Å². The normalized spacial score (nSPS) is 10.5. The van der Waals surface area contributed by atoms with E-state index < -0.39 is 5.91 Å². The Morgan fingerprint density at radius 2 is 1.95 bits per heavy atom. The molecule has 0 fully saturated rings. The van der Waals surface area contributed by atoms with Gasteiger partial charge in [0.2, 0.25) is 5.91 Å². The molecule has 0 bridgehead atoms. The lowest BCUT2D eigenvalue weighted by atomic mass is 10.1. The Hall–Kier alpha value is -2.04. The van der Waals surface area contributed by atoms with Crippen molar-refractivity contribution >= 4 is 17.5 Å². The maximum absolute atomic E-state index is 12.4. The molecule has 0 aliphatic heterocycles. The minimum Gasteiger partial charge on any atom is -0.398 e. The van der Waals surface area contributed by atoms with Gasteiger partial charge in [0.05, 0.1) is 12.1 Å². The number of hydrogen-bond acceptors (Lipinski definition) is 3. The van der Waals surface area contributed by atoms with Crippen molar-refractivity contribution in [3.8, 4) is 0 Å². The highest BCUT2D eigenvalue weighted by atomic mass is 16.2. The fraction of sp³-hybridized carbons (Fsp3) is 0.429. The molecule has 0 heterocycles. The number of nitrogens with zero attached hydrogens (tertiary/aromatic N) is 1. The number of aryl methyl sites for hydroxylation is 1. The predicted octanol–water partition coefficient (Wildman–Crippen LogP) is 1.16. The number of hydrogen-bond donors (Lipinski definition) is 2. The van der Waals surface area contributed by atoms with E-state index in [2.05, 4.69) is 0 Å². The number of benzene rings is 1. The Morgan fingerprint density at radius 3 is 2.47 bits per heavy atom. The second kappa shape index (κ2) is 6.22. The molecule has 0 radical (unpaired) electrons. The first kappa shape index (κ1) is 15.0. The van der Waals surface area contributed by atoms with Crippen molar-refractivity contribution in [1.29, 1.82) is 0 Å². The molecule has 0 aliphatic rings. The lowest BCUT2D eigenvalue weighted by Gasteiger charge is -2.24. The molecular weight excluding hydrogens is 242 g/mol. The van der Waals surface area contributed by atoms with Crippen molar-refractivity contribution in [2.45, 2.75) is 20.8 Å². The summed E-state index contributed by atoms with van der Waals surface area (Å²) in [6, 6.07) is 5.26. The van der Waals surface area contributed by atoms with Crippen LogP contribution in [0.1, 0.15) is 29.8 Å². The first-order valence-corrected chi connectivity index (χ1v) is 6.25. The molecule has 0 unspecified atom stereocenters. The Balaban J connectivity index is 3.03. The largest absolute Gasteiger partial charge is 0.398 e. The Labute approximate surface area is 113 Å². The first-order chi connectivity index (χ1) is 8.81. The number of carbonyl (C=O) groups excluding carboxylic acids is 2. The van der Waals surface area contributed by atoms with Gasteiger partial charge in [0.15, 0.2) is 0 Å². The molecular formula is C14H21N3O2. The van der Waals surface area contributed by atoms with Crippen LogP contribution in [0.3, 0.4) is 0 Å². The highest BCUT2D eigenvalue weighted by molar-refractivity contribution is 6.00. The van der Waals surface area contributed by atoms with Crippen LogP contribution in [0.5, 0.6) is 0 Å². The molecule has 1 rings (SSSR count). The average Bonchev–Trinajstić information content (AvgIpc) is 2.29. The van der Waals surface area contributed by atoms with Crippen LogP contribution in [0.4, 0.5) is 5.69 Å². The van der Waals surface area contributed by atoms with Crippen LogP contribution in [0.2, 0.25) is 0 Å². The summed E-state index contributed by atoms with van der Waals surface area (Å²) in [5.41, 5.74) is 12.8. The molecule has 104 valence electrons. The summed E-state index contributed by atoms with van der Waals surface area (Å²) in [6.07, 6.45) is 0. The summed E-state index contributed by atoms with van der Waals surface area (Å²) >= 11 is 0. The van der Waals surface area contributed by atoms with Crippen LogP contribution in [-0.2, 0) is 4.79 Å². The van der Waals surface area contributed by atoms with Gasteiger partial charge >= 0.3 is 0 Å². The second-order valence-electron chi connectivity index (χ2n) is 5.14. The Kier molecular flexibility index (Phi) is 4.92. The smallest absolute Gasteiger partial charge is 0.256 e. The molecule has 5 nitrogen and oxygen atoms in total. The zero-order valence-electron chi connectivity index (χ0n) is 11.6. The lowest BCUT2D eigenvalue weighted by Crippen LogP contribution is -2.40. The number of rotatable bonds is 5. The summed E-state index contributed by atoms with van der Waals surface area (Å²) in [7, 11) is 0. The van der Waals surface area contributed by atoms with Gasteiger partial charge in [-0.3, -0.25) is 9.59 Å². The third kappa shape index (κ3) is 4.28. The van der Waals surface area contributed by atoms with Crippen molar-refractivity contribution in [2.75, 3.05) is 18.8 Å². The van der Waals surface area contributed by atoms with Crippen LogP contribution in [0, 0.1) is 12.8 Å². The number of primary amides is 1. The Morgan fingerprint density at radius 1 is 1.32 bits per heavy atom. The van der Waals surface area contributed by atoms with Crippen LogP contribution in [0.25, 0.3) is 0 Å². The van der Waals surface area contributed by atoms with E-state index in [1.807, 2.05) is 26.8 Å². The molecule has 0 aromatic heterocycles. The number of amides is 2. The molecule has 0 spiro atoms. The zero-order chi connectivity index (χ0) is 14.6. The summed E-state index contributed by atoms with van der Waals surface area (Å²) in [5, 5.41) is 0. The topological polar surface area (TPSA) is 89.4 Å². The monoisotopic (exact) mass is 263 g/mol. The zero-order valence-corrected chi connectivity index (χ0v) is 11.6. The SMILES string of the molecule is Cc1ccc(N)c(C(=O)N(CC(N)=O)CC(C)C)c1. The molecule has 0 atom stereocenters. The van der Waals surface area contributed by atoms with E-state index in [-0.39, 0.29) is 18.4 Å². The van der Waals surface area contributed by atoms with E-state index in [1.165, 1.54) is 4.90 Å². The number of nitrogens with two attached hydrogens (primary N) is 2. The minimum absolute atomic E-state index is 0.0929. The molecule has 1 aromatic rings. The van der Waals surface area contributed by atoms with E-state index in [4.69, 9.17) is 11.5 Å². The summed E-state index contributed by atoms with van der Waals surface area (Å²) < 4.78 is 0. The van der Waals surface area contributed by atoms with Gasteiger partial charge in [0.1, 0.15) is 0 Å². The van der Waals surface area contributed by atoms with Crippen molar-refractivity contribution in [2.24, 2.45) is 11.7 Å². The van der Waals surface area contributed by atoms with Gasteiger partial charge in [-0.25, -0.2) is 0 Å². The van der Waals surface area contributed by atoms with E-state index >= 15 is 0 Å². The fourth-order valence-corrected chi connectivity index (χ4v) is 1.87. The van der Waals surface area contributed by atoms with Crippen molar-refractivity contribution in [3.05, 3.63) is 29.3 Å². The van der Waals surface area contributed by atoms with E-state index in [1.54, 1.807) is 12.1 Å². The maximum atomic E-state index is 12.4. The molecule has 0 saturated carbocycles. The second-order valence-corrected chi connectivity index (χ2v) is 5.14. The quantitative estimate of drug-likeness (QED) is 0.781. The molecule has 19 heavy (non-hydrogen) atoms. The minimum atomic E-state index is -0.528. The molecule has 1 aromatic carbocycles. The molecule has 0 saturated heterocycles.